The van der Waals surface area contributed by atoms with Crippen LogP contribution in [0.1, 0.15) is 11.7 Å². The molecule has 1 aromatic carbocycles. The summed E-state index contributed by atoms with van der Waals surface area (Å²) in [5, 5.41) is 8.36. The molecule has 0 aliphatic carbocycles. The molecule has 0 saturated carbocycles. The number of rotatable bonds is 4. The molecule has 0 amide bonds. The zero-order valence-electron chi connectivity index (χ0n) is 7.14. The SMILES string of the molecule is [CH2]C(OCC(=O)O)c1ccccc1. The van der Waals surface area contributed by atoms with Gasteiger partial charge in [-0.15, -0.1) is 0 Å². The van der Waals surface area contributed by atoms with Crippen molar-refractivity contribution in [3.8, 4) is 0 Å². The Morgan fingerprint density at radius 1 is 1.46 bits per heavy atom. The molecule has 0 saturated heterocycles. The van der Waals surface area contributed by atoms with Gasteiger partial charge in [0.2, 0.25) is 0 Å². The zero-order chi connectivity index (χ0) is 9.68. The summed E-state index contributed by atoms with van der Waals surface area (Å²) in [4.78, 5) is 10.2. The highest BCUT2D eigenvalue weighted by molar-refractivity contribution is 5.68. The highest BCUT2D eigenvalue weighted by atomic mass is 16.5. The first-order chi connectivity index (χ1) is 6.20. The first-order valence-corrected chi connectivity index (χ1v) is 3.91. The molecule has 0 aromatic heterocycles. The van der Waals surface area contributed by atoms with Crippen LogP contribution in [0.25, 0.3) is 0 Å². The molecule has 1 radical (unpaired) electrons. The number of hydrogen-bond donors (Lipinski definition) is 1. The Morgan fingerprint density at radius 3 is 2.62 bits per heavy atom. The molecule has 69 valence electrons. The van der Waals surface area contributed by atoms with Gasteiger partial charge in [0.05, 0.1) is 6.10 Å². The van der Waals surface area contributed by atoms with Crippen LogP contribution in [0, 0.1) is 6.92 Å². The summed E-state index contributed by atoms with van der Waals surface area (Å²) < 4.78 is 4.98. The first-order valence-electron chi connectivity index (χ1n) is 3.91. The predicted octanol–water partition coefficient (Wildman–Crippen LogP) is 1.66. The average molecular weight is 179 g/mol. The van der Waals surface area contributed by atoms with Gasteiger partial charge in [0.15, 0.2) is 0 Å². The number of carboxylic acids is 1. The van der Waals surface area contributed by atoms with E-state index in [1.54, 1.807) is 0 Å². The first kappa shape index (κ1) is 9.74. The van der Waals surface area contributed by atoms with Crippen molar-refractivity contribution in [2.75, 3.05) is 6.61 Å². The molecule has 0 spiro atoms. The highest BCUT2D eigenvalue weighted by Gasteiger charge is 2.06. The van der Waals surface area contributed by atoms with Gasteiger partial charge in [-0.3, -0.25) is 0 Å². The van der Waals surface area contributed by atoms with E-state index < -0.39 is 12.1 Å². The lowest BCUT2D eigenvalue weighted by molar-refractivity contribution is -0.143. The molecule has 1 unspecified atom stereocenters. The maximum absolute atomic E-state index is 10.2. The molecular weight excluding hydrogens is 168 g/mol. The van der Waals surface area contributed by atoms with Gasteiger partial charge in [-0.2, -0.15) is 0 Å². The van der Waals surface area contributed by atoms with E-state index >= 15 is 0 Å². The number of carbonyl (C=O) groups is 1. The van der Waals surface area contributed by atoms with Crippen LogP contribution < -0.4 is 0 Å². The maximum atomic E-state index is 10.2. The second-order valence-corrected chi connectivity index (χ2v) is 2.60. The standard InChI is InChI=1S/C10H11O3/c1-8(13-7-10(11)12)9-5-3-2-4-6-9/h2-6,8H,1,7H2,(H,11,12). The molecule has 1 N–H and O–H groups in total. The zero-order valence-corrected chi connectivity index (χ0v) is 7.14. The molecule has 0 aliphatic heterocycles. The third kappa shape index (κ3) is 3.25. The summed E-state index contributed by atoms with van der Waals surface area (Å²) in [6.07, 6.45) is -0.419. The second-order valence-electron chi connectivity index (χ2n) is 2.60. The monoisotopic (exact) mass is 179 g/mol. The molecule has 0 heterocycles. The van der Waals surface area contributed by atoms with Gasteiger partial charge in [-0.05, 0) is 12.5 Å². The van der Waals surface area contributed by atoms with E-state index in [9.17, 15) is 4.79 Å². The lowest BCUT2D eigenvalue weighted by atomic mass is 10.1. The van der Waals surface area contributed by atoms with Crippen LogP contribution in [-0.2, 0) is 9.53 Å². The van der Waals surface area contributed by atoms with Gasteiger partial charge in [0.25, 0.3) is 0 Å². The molecule has 0 aliphatic rings. The molecule has 3 nitrogen and oxygen atoms in total. The smallest absolute Gasteiger partial charge is 0.329 e. The van der Waals surface area contributed by atoms with Gasteiger partial charge < -0.3 is 9.84 Å². The molecule has 1 aromatic rings. The molecular formula is C10H11O3. The Morgan fingerprint density at radius 2 is 2.08 bits per heavy atom. The minimum absolute atomic E-state index is 0.316. The number of benzene rings is 1. The Hall–Kier alpha value is -1.35. The van der Waals surface area contributed by atoms with Gasteiger partial charge in [-0.1, -0.05) is 30.3 Å². The third-order valence-electron chi connectivity index (χ3n) is 1.58. The molecule has 0 fully saturated rings. The molecule has 13 heavy (non-hydrogen) atoms. The summed E-state index contributed by atoms with van der Waals surface area (Å²) >= 11 is 0. The average Bonchev–Trinajstić information content (AvgIpc) is 2.15. The van der Waals surface area contributed by atoms with Crippen LogP contribution in [0.15, 0.2) is 30.3 Å². The van der Waals surface area contributed by atoms with Crippen molar-refractivity contribution in [1.82, 2.24) is 0 Å². The molecule has 0 bridgehead atoms. The third-order valence-corrected chi connectivity index (χ3v) is 1.58. The van der Waals surface area contributed by atoms with Crippen LogP contribution in [0.5, 0.6) is 0 Å². The Kier molecular flexibility index (Phi) is 3.46. The van der Waals surface area contributed by atoms with Crippen LogP contribution in [-0.4, -0.2) is 17.7 Å². The van der Waals surface area contributed by atoms with Crippen molar-refractivity contribution in [2.24, 2.45) is 0 Å². The van der Waals surface area contributed by atoms with E-state index in [0.29, 0.717) is 0 Å². The Labute approximate surface area is 77.0 Å². The largest absolute Gasteiger partial charge is 0.480 e. The van der Waals surface area contributed by atoms with Crippen LogP contribution in [0.3, 0.4) is 0 Å². The number of aliphatic carboxylic acids is 1. The van der Waals surface area contributed by atoms with Crippen molar-refractivity contribution < 1.29 is 14.6 Å². The minimum atomic E-state index is -0.982. The fourth-order valence-corrected chi connectivity index (χ4v) is 0.936. The summed E-state index contributed by atoms with van der Waals surface area (Å²) in [7, 11) is 0. The Balaban J connectivity index is 2.49. The number of carboxylic acid groups (broad SMARTS) is 1. The quantitative estimate of drug-likeness (QED) is 0.764. The lowest BCUT2D eigenvalue weighted by Gasteiger charge is -2.10. The van der Waals surface area contributed by atoms with Gasteiger partial charge in [0, 0.05) is 0 Å². The molecule has 1 atom stereocenters. The van der Waals surface area contributed by atoms with Crippen molar-refractivity contribution >= 4 is 5.97 Å². The van der Waals surface area contributed by atoms with E-state index in [0.717, 1.165) is 5.56 Å². The second kappa shape index (κ2) is 4.62. The topological polar surface area (TPSA) is 46.5 Å². The van der Waals surface area contributed by atoms with E-state index in [2.05, 4.69) is 6.92 Å². The van der Waals surface area contributed by atoms with Crippen molar-refractivity contribution in [1.29, 1.82) is 0 Å². The van der Waals surface area contributed by atoms with Crippen LogP contribution in [0.4, 0.5) is 0 Å². The maximum Gasteiger partial charge on any atom is 0.329 e. The fourth-order valence-electron chi connectivity index (χ4n) is 0.936. The normalized spacial score (nSPS) is 12.4. The van der Waals surface area contributed by atoms with Gasteiger partial charge in [0.1, 0.15) is 6.61 Å². The number of hydrogen-bond acceptors (Lipinski definition) is 2. The van der Waals surface area contributed by atoms with E-state index in [1.165, 1.54) is 0 Å². The van der Waals surface area contributed by atoms with E-state index in [1.807, 2.05) is 30.3 Å². The highest BCUT2D eigenvalue weighted by Crippen LogP contribution is 2.14. The summed E-state index contributed by atoms with van der Waals surface area (Å²) in [5.41, 5.74) is 0.878. The van der Waals surface area contributed by atoms with Crippen LogP contribution >= 0.6 is 0 Å². The number of ether oxygens (including phenoxy) is 1. The van der Waals surface area contributed by atoms with E-state index in [4.69, 9.17) is 9.84 Å². The van der Waals surface area contributed by atoms with Crippen molar-refractivity contribution in [2.45, 2.75) is 6.10 Å². The Bertz CT molecular complexity index is 269. The van der Waals surface area contributed by atoms with Crippen molar-refractivity contribution in [3.63, 3.8) is 0 Å². The minimum Gasteiger partial charge on any atom is -0.480 e. The van der Waals surface area contributed by atoms with Crippen LogP contribution in [0.2, 0.25) is 0 Å². The summed E-state index contributed by atoms with van der Waals surface area (Å²) in [6, 6.07) is 9.29. The van der Waals surface area contributed by atoms with E-state index in [-0.39, 0.29) is 6.61 Å². The van der Waals surface area contributed by atoms with Crippen molar-refractivity contribution in [3.05, 3.63) is 42.8 Å². The van der Waals surface area contributed by atoms with Gasteiger partial charge >= 0.3 is 5.97 Å². The molecule has 1 rings (SSSR count). The predicted molar refractivity (Wildman–Crippen MR) is 48.1 cm³/mol. The van der Waals surface area contributed by atoms with Gasteiger partial charge in [-0.25, -0.2) is 4.79 Å². The fraction of sp³-hybridized carbons (Fsp3) is 0.200. The molecule has 3 heteroatoms. The summed E-state index contributed by atoms with van der Waals surface area (Å²) in [6.45, 7) is 3.38. The lowest BCUT2D eigenvalue weighted by Crippen LogP contribution is -2.09. The summed E-state index contributed by atoms with van der Waals surface area (Å²) in [5.74, 6) is -0.982.